The van der Waals surface area contributed by atoms with Crippen LogP contribution in [0, 0.1) is 0 Å². The molecular formula is C19H21N3O2. The van der Waals surface area contributed by atoms with Crippen molar-refractivity contribution < 1.29 is 10.0 Å². The summed E-state index contributed by atoms with van der Waals surface area (Å²) in [7, 11) is 0. The lowest BCUT2D eigenvalue weighted by atomic mass is 10.0. The highest BCUT2D eigenvalue weighted by atomic mass is 16.5. The Balaban J connectivity index is 1.58. The van der Waals surface area contributed by atoms with Crippen LogP contribution >= 0.6 is 0 Å². The van der Waals surface area contributed by atoms with E-state index in [0.29, 0.717) is 6.04 Å². The minimum Gasteiger partial charge on any atom is -0.310 e. The van der Waals surface area contributed by atoms with Crippen LogP contribution in [0.4, 0.5) is 0 Å². The molecule has 1 atom stereocenters. The first-order valence-electron chi connectivity index (χ1n) is 8.13. The Bertz CT molecular complexity index is 729. The quantitative estimate of drug-likeness (QED) is 0.434. The van der Waals surface area contributed by atoms with E-state index in [2.05, 4.69) is 28.5 Å². The first-order chi connectivity index (χ1) is 11.8. The number of pyridine rings is 1. The second-order valence-electron chi connectivity index (χ2n) is 5.92. The largest absolute Gasteiger partial charge is 0.310 e. The van der Waals surface area contributed by atoms with E-state index in [1.54, 1.807) is 17.8 Å². The van der Waals surface area contributed by atoms with Crippen molar-refractivity contribution in [3.05, 3.63) is 71.1 Å². The maximum absolute atomic E-state index is 11.0. The average Bonchev–Trinajstić information content (AvgIpc) is 3.03. The SMILES string of the molecule is O=C(/C=C/c1ccc2c(c1)CCC2NCCc1cccnc1)NO. The fraction of sp³-hybridized carbons (Fsp3) is 0.263. The number of carbonyl (C=O) groups is 1. The number of nitrogens with one attached hydrogen (secondary N) is 2. The van der Waals surface area contributed by atoms with E-state index >= 15 is 0 Å². The molecule has 1 unspecified atom stereocenters. The number of rotatable bonds is 6. The summed E-state index contributed by atoms with van der Waals surface area (Å²) < 4.78 is 0. The molecule has 5 heteroatoms. The molecule has 0 saturated heterocycles. The molecule has 124 valence electrons. The number of hydrogen-bond acceptors (Lipinski definition) is 4. The van der Waals surface area contributed by atoms with Crippen molar-refractivity contribution in [2.24, 2.45) is 0 Å². The monoisotopic (exact) mass is 323 g/mol. The van der Waals surface area contributed by atoms with Gasteiger partial charge in [0.25, 0.3) is 5.91 Å². The third-order valence-electron chi connectivity index (χ3n) is 4.31. The standard InChI is InChI=1S/C19H21N3O2/c23-19(22-24)8-4-14-3-6-17-16(12-14)5-7-18(17)21-11-9-15-2-1-10-20-13-15/h1-4,6,8,10,12-13,18,21,24H,5,7,9,11H2,(H,22,23)/b8-4+. The van der Waals surface area contributed by atoms with Crippen LogP contribution < -0.4 is 10.8 Å². The third kappa shape index (κ3) is 4.07. The van der Waals surface area contributed by atoms with Gasteiger partial charge < -0.3 is 5.32 Å². The van der Waals surface area contributed by atoms with Crippen LogP contribution in [0.5, 0.6) is 0 Å². The van der Waals surface area contributed by atoms with Crippen LogP contribution in [-0.2, 0) is 17.6 Å². The second kappa shape index (κ2) is 7.86. The summed E-state index contributed by atoms with van der Waals surface area (Å²) in [5.74, 6) is -0.523. The van der Waals surface area contributed by atoms with Gasteiger partial charge >= 0.3 is 0 Å². The molecule has 0 radical (unpaired) electrons. The zero-order chi connectivity index (χ0) is 16.8. The van der Waals surface area contributed by atoms with Crippen molar-refractivity contribution in [2.75, 3.05) is 6.54 Å². The van der Waals surface area contributed by atoms with E-state index in [1.807, 2.05) is 18.3 Å². The lowest BCUT2D eigenvalue weighted by Crippen LogP contribution is -2.21. The molecule has 1 amide bonds. The average molecular weight is 323 g/mol. The molecule has 0 spiro atoms. The number of nitrogens with zero attached hydrogens (tertiary/aromatic N) is 1. The summed E-state index contributed by atoms with van der Waals surface area (Å²) >= 11 is 0. The molecule has 3 N–H and O–H groups in total. The molecule has 0 aliphatic heterocycles. The highest BCUT2D eigenvalue weighted by Crippen LogP contribution is 2.31. The molecule has 1 aliphatic carbocycles. The van der Waals surface area contributed by atoms with E-state index in [1.165, 1.54) is 22.8 Å². The molecule has 3 rings (SSSR count). The van der Waals surface area contributed by atoms with E-state index < -0.39 is 5.91 Å². The van der Waals surface area contributed by atoms with E-state index in [9.17, 15) is 4.79 Å². The van der Waals surface area contributed by atoms with Gasteiger partial charge in [0.15, 0.2) is 0 Å². The van der Waals surface area contributed by atoms with E-state index in [4.69, 9.17) is 5.21 Å². The zero-order valence-corrected chi connectivity index (χ0v) is 13.4. The number of hydrogen-bond donors (Lipinski definition) is 3. The van der Waals surface area contributed by atoms with Gasteiger partial charge in [0.05, 0.1) is 0 Å². The maximum Gasteiger partial charge on any atom is 0.267 e. The summed E-state index contributed by atoms with van der Waals surface area (Å²) in [6, 6.07) is 10.7. The van der Waals surface area contributed by atoms with Gasteiger partial charge in [-0.25, -0.2) is 5.48 Å². The predicted octanol–water partition coefficient (Wildman–Crippen LogP) is 2.42. The predicted molar refractivity (Wildman–Crippen MR) is 92.4 cm³/mol. The molecule has 0 fully saturated rings. The van der Waals surface area contributed by atoms with Crippen molar-refractivity contribution in [2.45, 2.75) is 25.3 Å². The van der Waals surface area contributed by atoms with Crippen molar-refractivity contribution in [3.8, 4) is 0 Å². The van der Waals surface area contributed by atoms with Crippen LogP contribution in [0.1, 0.15) is 34.7 Å². The fourth-order valence-corrected chi connectivity index (χ4v) is 3.10. The van der Waals surface area contributed by atoms with Crippen LogP contribution in [0.2, 0.25) is 0 Å². The lowest BCUT2D eigenvalue weighted by Gasteiger charge is -2.14. The van der Waals surface area contributed by atoms with Gasteiger partial charge in [-0.2, -0.15) is 0 Å². The van der Waals surface area contributed by atoms with Crippen molar-refractivity contribution in [3.63, 3.8) is 0 Å². The molecule has 24 heavy (non-hydrogen) atoms. The van der Waals surface area contributed by atoms with Gasteiger partial charge in [-0.05, 0) is 60.2 Å². The summed E-state index contributed by atoms with van der Waals surface area (Å²) in [4.78, 5) is 15.2. The normalized spacial score (nSPS) is 16.3. The molecule has 1 aromatic carbocycles. The molecule has 1 aliphatic rings. The van der Waals surface area contributed by atoms with Crippen LogP contribution in [0.25, 0.3) is 6.08 Å². The van der Waals surface area contributed by atoms with E-state index in [0.717, 1.165) is 31.4 Å². The number of benzene rings is 1. The Morgan fingerprint density at radius 2 is 2.29 bits per heavy atom. The second-order valence-corrected chi connectivity index (χ2v) is 5.92. The van der Waals surface area contributed by atoms with E-state index in [-0.39, 0.29) is 0 Å². The van der Waals surface area contributed by atoms with Crippen molar-refractivity contribution >= 4 is 12.0 Å². The Morgan fingerprint density at radius 3 is 3.08 bits per heavy atom. The molecule has 0 saturated carbocycles. The number of amides is 1. The highest BCUT2D eigenvalue weighted by molar-refractivity contribution is 5.90. The molecule has 1 heterocycles. The van der Waals surface area contributed by atoms with Crippen LogP contribution in [0.15, 0.2) is 48.8 Å². The Morgan fingerprint density at radius 1 is 1.38 bits per heavy atom. The zero-order valence-electron chi connectivity index (χ0n) is 13.4. The number of aromatic nitrogens is 1. The Hall–Kier alpha value is -2.50. The van der Waals surface area contributed by atoms with Gasteiger partial charge in [0, 0.05) is 24.5 Å². The smallest absolute Gasteiger partial charge is 0.267 e. The minimum absolute atomic E-state index is 0.385. The van der Waals surface area contributed by atoms with Crippen molar-refractivity contribution in [1.82, 2.24) is 15.8 Å². The molecule has 0 bridgehead atoms. The number of carbonyl (C=O) groups excluding carboxylic acids is 1. The number of fused-ring (bicyclic) bond motifs is 1. The summed E-state index contributed by atoms with van der Waals surface area (Å²) in [5, 5.41) is 12.1. The van der Waals surface area contributed by atoms with Crippen LogP contribution in [0.3, 0.4) is 0 Å². The topological polar surface area (TPSA) is 74.2 Å². The Kier molecular flexibility index (Phi) is 5.36. The summed E-state index contributed by atoms with van der Waals surface area (Å²) in [6.07, 6.45) is 9.82. The highest BCUT2D eigenvalue weighted by Gasteiger charge is 2.21. The molecule has 1 aromatic heterocycles. The fourth-order valence-electron chi connectivity index (χ4n) is 3.10. The third-order valence-corrected chi connectivity index (χ3v) is 4.31. The van der Waals surface area contributed by atoms with Gasteiger partial charge in [0.1, 0.15) is 0 Å². The van der Waals surface area contributed by atoms with Crippen molar-refractivity contribution in [1.29, 1.82) is 0 Å². The van der Waals surface area contributed by atoms with Gasteiger partial charge in [-0.3, -0.25) is 15.0 Å². The summed E-state index contributed by atoms with van der Waals surface area (Å²) in [6.45, 7) is 0.925. The summed E-state index contributed by atoms with van der Waals surface area (Å²) in [5.41, 5.74) is 6.46. The maximum atomic E-state index is 11.0. The number of aryl methyl sites for hydroxylation is 1. The molecule has 5 nitrogen and oxygen atoms in total. The van der Waals surface area contributed by atoms with Gasteiger partial charge in [0.2, 0.25) is 0 Å². The Labute approximate surface area is 141 Å². The molecule has 2 aromatic rings. The first-order valence-corrected chi connectivity index (χ1v) is 8.13. The lowest BCUT2D eigenvalue weighted by molar-refractivity contribution is -0.124. The molecular weight excluding hydrogens is 302 g/mol. The first kappa shape index (κ1) is 16.4. The van der Waals surface area contributed by atoms with Gasteiger partial charge in [-0.1, -0.05) is 24.3 Å². The van der Waals surface area contributed by atoms with Gasteiger partial charge in [-0.15, -0.1) is 0 Å². The van der Waals surface area contributed by atoms with Crippen LogP contribution in [-0.4, -0.2) is 22.6 Å². The number of hydroxylamine groups is 1. The minimum atomic E-state index is -0.523.